The van der Waals surface area contributed by atoms with E-state index in [-0.39, 0.29) is 16.2 Å². The number of nitrogens with zero attached hydrogens (tertiary/aromatic N) is 2. The van der Waals surface area contributed by atoms with Crippen LogP contribution >= 0.6 is 23.2 Å². The monoisotopic (exact) mass is 295 g/mol. The number of hydrogen-bond acceptors (Lipinski definition) is 3. The number of hydrogen-bond donors (Lipinski definition) is 1. The summed E-state index contributed by atoms with van der Waals surface area (Å²) in [7, 11) is 1.60. The molecule has 0 atom stereocenters. The molecule has 1 aromatic heterocycles. The first-order chi connectivity index (χ1) is 9.00. The summed E-state index contributed by atoms with van der Waals surface area (Å²) in [4.78, 5) is 17.6. The number of rotatable bonds is 2. The van der Waals surface area contributed by atoms with Crippen LogP contribution in [-0.2, 0) is 0 Å². The van der Waals surface area contributed by atoms with E-state index in [1.165, 1.54) is 4.90 Å². The second-order valence-electron chi connectivity index (χ2n) is 3.90. The highest BCUT2D eigenvalue weighted by molar-refractivity contribution is 6.34. The number of aromatic nitrogens is 1. The average molecular weight is 296 g/mol. The van der Waals surface area contributed by atoms with Crippen LogP contribution < -0.4 is 10.6 Å². The van der Waals surface area contributed by atoms with E-state index in [0.29, 0.717) is 16.9 Å². The summed E-state index contributed by atoms with van der Waals surface area (Å²) < 4.78 is 0. The van der Waals surface area contributed by atoms with E-state index in [4.69, 9.17) is 28.9 Å². The molecule has 2 N–H and O–H groups in total. The highest BCUT2D eigenvalue weighted by atomic mass is 35.5. The Morgan fingerprint density at radius 2 is 1.89 bits per heavy atom. The van der Waals surface area contributed by atoms with Gasteiger partial charge in [-0.15, -0.1) is 0 Å². The molecule has 0 bridgehead atoms. The number of amides is 1. The van der Waals surface area contributed by atoms with Crippen molar-refractivity contribution < 1.29 is 4.79 Å². The predicted octanol–water partition coefficient (Wildman–Crippen LogP) is 3.25. The van der Waals surface area contributed by atoms with Gasteiger partial charge in [0.15, 0.2) is 5.15 Å². The summed E-state index contributed by atoms with van der Waals surface area (Å²) in [5, 5.41) is 0.437. The summed E-state index contributed by atoms with van der Waals surface area (Å²) in [5.74, 6) is -0.260. The molecule has 0 aliphatic heterocycles. The van der Waals surface area contributed by atoms with Gasteiger partial charge >= 0.3 is 0 Å². The number of carbonyl (C=O) groups excluding carboxylic acids is 1. The molecule has 98 valence electrons. The fraction of sp³-hybridized carbons (Fsp3) is 0.0769. The SMILES string of the molecule is CN(C(=O)c1ccccc1N)c1ccc(Cl)nc1Cl. The van der Waals surface area contributed by atoms with E-state index in [2.05, 4.69) is 4.98 Å². The highest BCUT2D eigenvalue weighted by Gasteiger charge is 2.18. The third-order valence-corrected chi connectivity index (χ3v) is 3.14. The van der Waals surface area contributed by atoms with Crippen LogP contribution in [0.25, 0.3) is 0 Å². The van der Waals surface area contributed by atoms with Crippen molar-refractivity contribution in [2.45, 2.75) is 0 Å². The fourth-order valence-electron chi connectivity index (χ4n) is 1.64. The Morgan fingerprint density at radius 3 is 2.53 bits per heavy atom. The largest absolute Gasteiger partial charge is 0.398 e. The molecule has 0 radical (unpaired) electrons. The molecular weight excluding hydrogens is 285 g/mol. The Hall–Kier alpha value is -1.78. The van der Waals surface area contributed by atoms with E-state index < -0.39 is 0 Å². The standard InChI is InChI=1S/C13H11Cl2N3O/c1-18(10-6-7-11(14)17-12(10)15)13(19)8-4-2-3-5-9(8)16/h2-7H,16H2,1H3. The van der Waals surface area contributed by atoms with E-state index in [1.54, 1.807) is 43.4 Å². The minimum atomic E-state index is -0.260. The van der Waals surface area contributed by atoms with Gasteiger partial charge in [0, 0.05) is 12.7 Å². The lowest BCUT2D eigenvalue weighted by Gasteiger charge is -2.19. The smallest absolute Gasteiger partial charge is 0.260 e. The predicted molar refractivity (Wildman–Crippen MR) is 77.8 cm³/mol. The summed E-state index contributed by atoms with van der Waals surface area (Å²) >= 11 is 11.7. The molecule has 0 aliphatic rings. The molecule has 6 heteroatoms. The molecule has 19 heavy (non-hydrogen) atoms. The van der Waals surface area contributed by atoms with Crippen LogP contribution in [0.5, 0.6) is 0 Å². The molecular formula is C13H11Cl2N3O. The maximum Gasteiger partial charge on any atom is 0.260 e. The van der Waals surface area contributed by atoms with Crippen LogP contribution in [0.15, 0.2) is 36.4 Å². The Kier molecular flexibility index (Phi) is 3.93. The third-order valence-electron chi connectivity index (χ3n) is 2.65. The maximum atomic E-state index is 12.3. The van der Waals surface area contributed by atoms with Crippen LogP contribution in [0.2, 0.25) is 10.3 Å². The van der Waals surface area contributed by atoms with E-state index in [1.807, 2.05) is 0 Å². The summed E-state index contributed by atoms with van der Waals surface area (Å²) in [6, 6.07) is 10.0. The highest BCUT2D eigenvalue weighted by Crippen LogP contribution is 2.26. The Balaban J connectivity index is 2.37. The van der Waals surface area contributed by atoms with Crippen molar-refractivity contribution >= 4 is 40.5 Å². The van der Waals surface area contributed by atoms with Crippen LogP contribution in [0, 0.1) is 0 Å². The van der Waals surface area contributed by atoms with Gasteiger partial charge in [0.2, 0.25) is 0 Å². The zero-order chi connectivity index (χ0) is 14.0. The van der Waals surface area contributed by atoms with Gasteiger partial charge in [-0.05, 0) is 24.3 Å². The van der Waals surface area contributed by atoms with Crippen molar-refractivity contribution in [3.63, 3.8) is 0 Å². The molecule has 0 saturated carbocycles. The van der Waals surface area contributed by atoms with E-state index in [9.17, 15) is 4.79 Å². The van der Waals surface area contributed by atoms with Gasteiger partial charge in [0.1, 0.15) is 5.15 Å². The molecule has 1 heterocycles. The molecule has 1 aromatic carbocycles. The lowest BCUT2D eigenvalue weighted by Crippen LogP contribution is -2.27. The summed E-state index contributed by atoms with van der Waals surface area (Å²) in [6.07, 6.45) is 0. The van der Waals surface area contributed by atoms with Gasteiger partial charge < -0.3 is 10.6 Å². The number of carbonyl (C=O) groups is 1. The first kappa shape index (κ1) is 13.6. The van der Waals surface area contributed by atoms with Crippen LogP contribution in [0.3, 0.4) is 0 Å². The maximum absolute atomic E-state index is 12.3. The third kappa shape index (κ3) is 2.80. The number of para-hydroxylation sites is 1. The molecule has 2 aromatic rings. The van der Waals surface area contributed by atoms with E-state index in [0.717, 1.165) is 0 Å². The second-order valence-corrected chi connectivity index (χ2v) is 4.64. The fourth-order valence-corrected chi connectivity index (χ4v) is 2.11. The minimum absolute atomic E-state index is 0.165. The molecule has 0 fully saturated rings. The number of pyridine rings is 1. The van der Waals surface area contributed by atoms with Gasteiger partial charge in [-0.2, -0.15) is 0 Å². The van der Waals surface area contributed by atoms with Crippen LogP contribution in [0.1, 0.15) is 10.4 Å². The first-order valence-electron chi connectivity index (χ1n) is 5.45. The van der Waals surface area contributed by atoms with Crippen molar-refractivity contribution in [3.05, 3.63) is 52.3 Å². The number of benzene rings is 1. The Morgan fingerprint density at radius 1 is 1.21 bits per heavy atom. The number of nitrogens with two attached hydrogens (primary N) is 1. The minimum Gasteiger partial charge on any atom is -0.398 e. The van der Waals surface area contributed by atoms with Crippen molar-refractivity contribution in [1.29, 1.82) is 0 Å². The van der Waals surface area contributed by atoms with E-state index >= 15 is 0 Å². The van der Waals surface area contributed by atoms with Crippen molar-refractivity contribution in [2.24, 2.45) is 0 Å². The number of anilines is 2. The molecule has 2 rings (SSSR count). The molecule has 0 saturated heterocycles. The zero-order valence-electron chi connectivity index (χ0n) is 10.1. The summed E-state index contributed by atoms with van der Waals surface area (Å²) in [5.41, 5.74) is 7.08. The van der Waals surface area contributed by atoms with Crippen molar-refractivity contribution in [2.75, 3.05) is 17.7 Å². The molecule has 4 nitrogen and oxygen atoms in total. The average Bonchev–Trinajstić information content (AvgIpc) is 2.38. The van der Waals surface area contributed by atoms with Gasteiger partial charge in [0.25, 0.3) is 5.91 Å². The van der Waals surface area contributed by atoms with Crippen molar-refractivity contribution in [3.8, 4) is 0 Å². The van der Waals surface area contributed by atoms with Crippen LogP contribution in [0.4, 0.5) is 11.4 Å². The molecule has 0 aliphatic carbocycles. The quantitative estimate of drug-likeness (QED) is 0.683. The lowest BCUT2D eigenvalue weighted by molar-refractivity contribution is 0.0994. The normalized spacial score (nSPS) is 10.3. The topological polar surface area (TPSA) is 59.2 Å². The zero-order valence-corrected chi connectivity index (χ0v) is 11.6. The lowest BCUT2D eigenvalue weighted by atomic mass is 10.1. The molecule has 0 unspecified atom stereocenters. The Labute approximate surface area is 120 Å². The van der Waals surface area contributed by atoms with Gasteiger partial charge in [0.05, 0.1) is 11.3 Å². The van der Waals surface area contributed by atoms with Crippen molar-refractivity contribution in [1.82, 2.24) is 4.98 Å². The van der Waals surface area contributed by atoms with Crippen LogP contribution in [-0.4, -0.2) is 17.9 Å². The van der Waals surface area contributed by atoms with Gasteiger partial charge in [-0.3, -0.25) is 4.79 Å². The van der Waals surface area contributed by atoms with Gasteiger partial charge in [-0.25, -0.2) is 4.98 Å². The molecule has 0 spiro atoms. The number of nitrogen functional groups attached to an aromatic ring is 1. The second kappa shape index (κ2) is 5.47. The first-order valence-corrected chi connectivity index (χ1v) is 6.21. The summed E-state index contributed by atoms with van der Waals surface area (Å²) in [6.45, 7) is 0. The van der Waals surface area contributed by atoms with Gasteiger partial charge in [-0.1, -0.05) is 35.3 Å². The molecule has 1 amide bonds. The Bertz CT molecular complexity index is 631. The number of halogens is 2.